The summed E-state index contributed by atoms with van der Waals surface area (Å²) in [5.74, 6) is -1.01. The average Bonchev–Trinajstić information content (AvgIpc) is 2.42. The van der Waals surface area contributed by atoms with Gasteiger partial charge in [-0.05, 0) is 19.1 Å². The zero-order valence-electron chi connectivity index (χ0n) is 11.6. The van der Waals surface area contributed by atoms with Crippen LogP contribution in [-0.2, 0) is 14.3 Å². The largest absolute Gasteiger partial charge is 0.484 e. The van der Waals surface area contributed by atoms with Crippen molar-refractivity contribution in [2.75, 3.05) is 20.3 Å². The number of carboxylic acids is 1. The predicted molar refractivity (Wildman–Crippen MR) is 72.7 cm³/mol. The van der Waals surface area contributed by atoms with E-state index in [1.54, 1.807) is 12.1 Å². The molecule has 0 bridgehead atoms. The third-order valence-corrected chi connectivity index (χ3v) is 2.63. The van der Waals surface area contributed by atoms with E-state index >= 15 is 0 Å². The summed E-state index contributed by atoms with van der Waals surface area (Å²) in [7, 11) is 1.47. The van der Waals surface area contributed by atoms with E-state index in [0.29, 0.717) is 5.75 Å². The minimum absolute atomic E-state index is 0.210. The van der Waals surface area contributed by atoms with Crippen LogP contribution in [0.4, 0.5) is 0 Å². The summed E-state index contributed by atoms with van der Waals surface area (Å²) in [6, 6.07) is 6.27. The van der Waals surface area contributed by atoms with E-state index < -0.39 is 17.9 Å². The van der Waals surface area contributed by atoms with Gasteiger partial charge in [-0.3, -0.25) is 4.79 Å². The summed E-state index contributed by atoms with van der Waals surface area (Å²) in [5, 5.41) is 11.3. The van der Waals surface area contributed by atoms with Crippen molar-refractivity contribution < 1.29 is 24.2 Å². The van der Waals surface area contributed by atoms with E-state index in [1.165, 1.54) is 7.11 Å². The Morgan fingerprint density at radius 1 is 1.30 bits per heavy atom. The summed E-state index contributed by atoms with van der Waals surface area (Å²) in [6.45, 7) is 1.99. The van der Waals surface area contributed by atoms with Crippen LogP contribution in [0.5, 0.6) is 5.75 Å². The molecule has 0 saturated heterocycles. The Labute approximate surface area is 117 Å². The van der Waals surface area contributed by atoms with Crippen molar-refractivity contribution in [2.24, 2.45) is 0 Å². The topological polar surface area (TPSA) is 84.9 Å². The molecular formula is C14H19NO5. The highest BCUT2D eigenvalue weighted by Gasteiger charge is 2.19. The number of carbonyl (C=O) groups excluding carboxylic acids is 1. The van der Waals surface area contributed by atoms with Crippen LogP contribution < -0.4 is 10.1 Å². The van der Waals surface area contributed by atoms with Gasteiger partial charge in [-0.2, -0.15) is 0 Å². The summed E-state index contributed by atoms with van der Waals surface area (Å²) < 4.78 is 10.1. The number of hydrogen-bond acceptors (Lipinski definition) is 4. The zero-order valence-corrected chi connectivity index (χ0v) is 11.6. The Hall–Kier alpha value is -2.08. The Kier molecular flexibility index (Phi) is 6.52. The van der Waals surface area contributed by atoms with E-state index in [9.17, 15) is 9.59 Å². The first-order valence-electron chi connectivity index (χ1n) is 6.23. The first kappa shape index (κ1) is 16.0. The number of ether oxygens (including phenoxy) is 2. The summed E-state index contributed by atoms with van der Waals surface area (Å²) >= 11 is 0. The lowest BCUT2D eigenvalue weighted by Crippen LogP contribution is -2.43. The van der Waals surface area contributed by atoms with Crippen molar-refractivity contribution in [3.05, 3.63) is 29.8 Å². The first-order chi connectivity index (χ1) is 9.52. The lowest BCUT2D eigenvalue weighted by molar-refractivity contribution is -0.142. The fourth-order valence-corrected chi connectivity index (χ4v) is 1.51. The summed E-state index contributed by atoms with van der Waals surface area (Å²) in [5.41, 5.74) is 1.09. The molecule has 0 saturated carbocycles. The molecule has 0 aromatic heterocycles. The molecule has 1 amide bonds. The van der Waals surface area contributed by atoms with E-state index in [1.807, 2.05) is 19.1 Å². The van der Waals surface area contributed by atoms with Crippen molar-refractivity contribution >= 4 is 11.9 Å². The predicted octanol–water partition coefficient (Wildman–Crippen LogP) is 0.980. The second kappa shape index (κ2) is 8.16. The second-order valence-electron chi connectivity index (χ2n) is 4.34. The highest BCUT2D eigenvalue weighted by Crippen LogP contribution is 2.10. The van der Waals surface area contributed by atoms with Gasteiger partial charge in [0.1, 0.15) is 11.8 Å². The van der Waals surface area contributed by atoms with Crippen LogP contribution >= 0.6 is 0 Å². The number of benzene rings is 1. The number of nitrogens with one attached hydrogen (secondary N) is 1. The third-order valence-electron chi connectivity index (χ3n) is 2.63. The minimum atomic E-state index is -1.09. The maximum atomic E-state index is 11.6. The van der Waals surface area contributed by atoms with Crippen LogP contribution in [0.1, 0.15) is 12.0 Å². The van der Waals surface area contributed by atoms with Crippen molar-refractivity contribution in [1.82, 2.24) is 5.32 Å². The van der Waals surface area contributed by atoms with Crippen LogP contribution in [0, 0.1) is 6.92 Å². The number of methoxy groups -OCH3 is 1. The van der Waals surface area contributed by atoms with Crippen LogP contribution in [0.25, 0.3) is 0 Å². The van der Waals surface area contributed by atoms with Gasteiger partial charge in [-0.25, -0.2) is 4.79 Å². The van der Waals surface area contributed by atoms with Gasteiger partial charge in [0.05, 0.1) is 0 Å². The molecule has 0 heterocycles. The highest BCUT2D eigenvalue weighted by atomic mass is 16.5. The molecule has 0 aliphatic heterocycles. The average molecular weight is 281 g/mol. The Balaban J connectivity index is 2.41. The smallest absolute Gasteiger partial charge is 0.326 e. The number of hydrogen-bond donors (Lipinski definition) is 2. The normalized spacial score (nSPS) is 11.7. The van der Waals surface area contributed by atoms with Gasteiger partial charge in [0, 0.05) is 20.1 Å². The van der Waals surface area contributed by atoms with Gasteiger partial charge in [0.2, 0.25) is 0 Å². The maximum Gasteiger partial charge on any atom is 0.326 e. The lowest BCUT2D eigenvalue weighted by Gasteiger charge is -2.14. The van der Waals surface area contributed by atoms with Crippen LogP contribution in [0.15, 0.2) is 24.3 Å². The van der Waals surface area contributed by atoms with Crippen LogP contribution in [-0.4, -0.2) is 43.3 Å². The summed E-state index contributed by atoms with van der Waals surface area (Å²) in [6.07, 6.45) is 0.210. The molecule has 1 rings (SSSR count). The van der Waals surface area contributed by atoms with Crippen LogP contribution in [0.2, 0.25) is 0 Å². The molecule has 1 aromatic rings. The number of amides is 1. The molecule has 1 unspecified atom stereocenters. The van der Waals surface area contributed by atoms with Crippen molar-refractivity contribution in [3.8, 4) is 5.75 Å². The number of aryl methyl sites for hydroxylation is 1. The molecule has 1 atom stereocenters. The SMILES string of the molecule is COCCC(NC(=O)COc1ccc(C)cc1)C(=O)O. The fourth-order valence-electron chi connectivity index (χ4n) is 1.51. The minimum Gasteiger partial charge on any atom is -0.484 e. The molecule has 110 valence electrons. The van der Waals surface area contributed by atoms with E-state index in [4.69, 9.17) is 14.6 Å². The molecule has 2 N–H and O–H groups in total. The number of carbonyl (C=O) groups is 2. The van der Waals surface area contributed by atoms with Gasteiger partial charge in [0.15, 0.2) is 6.61 Å². The zero-order chi connectivity index (χ0) is 15.0. The molecule has 6 nitrogen and oxygen atoms in total. The van der Waals surface area contributed by atoms with Gasteiger partial charge < -0.3 is 19.9 Å². The van der Waals surface area contributed by atoms with Crippen LogP contribution in [0.3, 0.4) is 0 Å². The first-order valence-corrected chi connectivity index (χ1v) is 6.23. The number of carboxylic acid groups (broad SMARTS) is 1. The van der Waals surface area contributed by atoms with E-state index in [2.05, 4.69) is 5.32 Å². The van der Waals surface area contributed by atoms with Gasteiger partial charge >= 0.3 is 5.97 Å². The Bertz CT molecular complexity index is 443. The molecule has 20 heavy (non-hydrogen) atoms. The van der Waals surface area contributed by atoms with Crippen molar-refractivity contribution in [2.45, 2.75) is 19.4 Å². The molecular weight excluding hydrogens is 262 g/mol. The molecule has 1 aromatic carbocycles. The lowest BCUT2D eigenvalue weighted by atomic mass is 10.2. The fraction of sp³-hybridized carbons (Fsp3) is 0.429. The van der Waals surface area contributed by atoms with E-state index in [0.717, 1.165) is 5.56 Å². The molecule has 0 radical (unpaired) electrons. The quantitative estimate of drug-likeness (QED) is 0.742. The molecule has 0 aliphatic carbocycles. The molecule has 0 fully saturated rings. The summed E-state index contributed by atoms with van der Waals surface area (Å²) in [4.78, 5) is 22.6. The van der Waals surface area contributed by atoms with Gasteiger partial charge in [-0.15, -0.1) is 0 Å². The molecule has 0 aliphatic rings. The third kappa shape index (κ3) is 5.71. The maximum absolute atomic E-state index is 11.6. The Morgan fingerprint density at radius 3 is 2.50 bits per heavy atom. The number of rotatable bonds is 8. The van der Waals surface area contributed by atoms with Crippen molar-refractivity contribution in [3.63, 3.8) is 0 Å². The monoisotopic (exact) mass is 281 g/mol. The highest BCUT2D eigenvalue weighted by molar-refractivity contribution is 5.84. The molecule has 6 heteroatoms. The second-order valence-corrected chi connectivity index (χ2v) is 4.34. The standard InChI is InChI=1S/C14H19NO5/c1-10-3-5-11(6-4-10)20-9-13(16)15-12(14(17)18)7-8-19-2/h3-6,12H,7-9H2,1-2H3,(H,15,16)(H,17,18). The Morgan fingerprint density at radius 2 is 1.95 bits per heavy atom. The van der Waals surface area contributed by atoms with Gasteiger partial charge in [-0.1, -0.05) is 17.7 Å². The molecule has 0 spiro atoms. The van der Waals surface area contributed by atoms with Crippen molar-refractivity contribution in [1.29, 1.82) is 0 Å². The van der Waals surface area contributed by atoms with Gasteiger partial charge in [0.25, 0.3) is 5.91 Å². The van der Waals surface area contributed by atoms with E-state index in [-0.39, 0.29) is 19.6 Å². The number of aliphatic carboxylic acids is 1.